The molecule has 0 radical (unpaired) electrons. The lowest BCUT2D eigenvalue weighted by Crippen LogP contribution is -1.91. The minimum absolute atomic E-state index is 0.693. The Morgan fingerprint density at radius 1 is 0.778 bits per heavy atom. The van der Waals surface area contributed by atoms with Gasteiger partial charge in [-0.1, -0.05) is 35.3 Å². The average molecular weight is 277 g/mol. The normalized spacial score (nSPS) is 11.3. The Morgan fingerprint density at radius 2 is 1.17 bits per heavy atom. The molecule has 0 spiro atoms. The zero-order valence-electron chi connectivity index (χ0n) is 9.96. The number of benzene rings is 1. The lowest BCUT2D eigenvalue weighted by molar-refractivity contribution is 1.23. The van der Waals surface area contributed by atoms with Gasteiger partial charge in [0.15, 0.2) is 0 Å². The summed E-state index contributed by atoms with van der Waals surface area (Å²) in [6.07, 6.45) is 0. The van der Waals surface area contributed by atoms with Crippen LogP contribution in [0, 0.1) is 13.8 Å². The Morgan fingerprint density at radius 3 is 1.56 bits per heavy atom. The van der Waals surface area contributed by atoms with Crippen molar-refractivity contribution >= 4 is 45.0 Å². The van der Waals surface area contributed by atoms with Crippen molar-refractivity contribution in [3.8, 4) is 0 Å². The highest BCUT2D eigenvalue weighted by Gasteiger charge is 2.10. The molecule has 0 fully saturated rings. The van der Waals surface area contributed by atoms with Crippen LogP contribution in [0.1, 0.15) is 11.4 Å². The van der Waals surface area contributed by atoms with Crippen molar-refractivity contribution in [1.82, 2.24) is 9.97 Å². The van der Waals surface area contributed by atoms with E-state index in [2.05, 4.69) is 9.97 Å². The molecule has 0 unspecified atom stereocenters. The Labute approximate surface area is 115 Å². The molecule has 0 amide bonds. The number of hydrogen-bond donors (Lipinski definition) is 0. The molecule has 1 aromatic carbocycles. The van der Waals surface area contributed by atoms with E-state index in [0.29, 0.717) is 10.0 Å². The fourth-order valence-corrected chi connectivity index (χ4v) is 2.75. The minimum atomic E-state index is 0.693. The van der Waals surface area contributed by atoms with Crippen LogP contribution in [0.15, 0.2) is 24.3 Å². The lowest BCUT2D eigenvalue weighted by Gasteiger charge is -2.07. The van der Waals surface area contributed by atoms with E-state index in [9.17, 15) is 0 Å². The summed E-state index contributed by atoms with van der Waals surface area (Å²) in [6, 6.07) is 7.59. The highest BCUT2D eigenvalue weighted by Crippen LogP contribution is 2.31. The summed E-state index contributed by atoms with van der Waals surface area (Å²) in [5, 5.41) is 3.20. The topological polar surface area (TPSA) is 25.8 Å². The molecule has 2 nitrogen and oxygen atoms in total. The summed E-state index contributed by atoms with van der Waals surface area (Å²) in [5.74, 6) is 0. The molecule has 0 aliphatic heterocycles. The predicted octanol–water partition coefficient (Wildman–Crippen LogP) is 4.71. The van der Waals surface area contributed by atoms with E-state index in [0.717, 1.165) is 33.2 Å². The second kappa shape index (κ2) is 4.08. The molecular formula is C14H10Cl2N2. The van der Waals surface area contributed by atoms with E-state index in [4.69, 9.17) is 23.2 Å². The Hall–Kier alpha value is -1.38. The Balaban J connectivity index is 2.60. The predicted molar refractivity (Wildman–Crippen MR) is 76.5 cm³/mol. The first kappa shape index (κ1) is 11.7. The first-order valence-electron chi connectivity index (χ1n) is 5.59. The van der Waals surface area contributed by atoms with Gasteiger partial charge in [-0.3, -0.25) is 9.97 Å². The van der Waals surface area contributed by atoms with E-state index >= 15 is 0 Å². The summed E-state index contributed by atoms with van der Waals surface area (Å²) in [4.78, 5) is 9.08. The van der Waals surface area contributed by atoms with Gasteiger partial charge in [-0.05, 0) is 26.0 Å². The molecule has 90 valence electrons. The van der Waals surface area contributed by atoms with Gasteiger partial charge in [0.05, 0.1) is 21.1 Å². The number of aromatic nitrogens is 2. The van der Waals surface area contributed by atoms with Crippen molar-refractivity contribution in [3.63, 3.8) is 0 Å². The molecule has 0 aliphatic rings. The lowest BCUT2D eigenvalue weighted by atomic mass is 10.1. The van der Waals surface area contributed by atoms with Crippen molar-refractivity contribution in [1.29, 1.82) is 0 Å². The second-order valence-corrected chi connectivity index (χ2v) is 5.16. The van der Waals surface area contributed by atoms with E-state index in [1.54, 1.807) is 0 Å². The summed E-state index contributed by atoms with van der Waals surface area (Å²) >= 11 is 12.5. The average Bonchev–Trinajstić information content (AvgIpc) is 2.28. The van der Waals surface area contributed by atoms with Gasteiger partial charge >= 0.3 is 0 Å². The fraction of sp³-hybridized carbons (Fsp3) is 0.143. The van der Waals surface area contributed by atoms with Gasteiger partial charge in [0.2, 0.25) is 0 Å². The molecule has 3 rings (SSSR count). The van der Waals surface area contributed by atoms with Crippen LogP contribution >= 0.6 is 23.2 Å². The number of rotatable bonds is 0. The van der Waals surface area contributed by atoms with Gasteiger partial charge in [0.1, 0.15) is 0 Å². The van der Waals surface area contributed by atoms with Crippen LogP contribution in [0.4, 0.5) is 0 Å². The van der Waals surface area contributed by atoms with E-state index < -0.39 is 0 Å². The number of hydrogen-bond acceptors (Lipinski definition) is 2. The summed E-state index contributed by atoms with van der Waals surface area (Å²) in [7, 11) is 0. The third kappa shape index (κ3) is 1.73. The molecule has 2 heterocycles. The monoisotopic (exact) mass is 276 g/mol. The molecule has 2 aromatic heterocycles. The van der Waals surface area contributed by atoms with Crippen LogP contribution in [-0.4, -0.2) is 9.97 Å². The van der Waals surface area contributed by atoms with Gasteiger partial charge in [0.25, 0.3) is 0 Å². The maximum atomic E-state index is 6.24. The van der Waals surface area contributed by atoms with Crippen LogP contribution in [0.3, 0.4) is 0 Å². The van der Waals surface area contributed by atoms with Crippen LogP contribution in [0.5, 0.6) is 0 Å². The standard InChI is InChI=1S/C14H10Cl2N2/c1-7-5-11(15)9-3-4-10-12(16)6-8(2)18-14(10)13(9)17-7/h3-6H,1-2H3. The maximum absolute atomic E-state index is 6.24. The number of halogens is 2. The highest BCUT2D eigenvalue weighted by molar-refractivity contribution is 6.38. The number of nitrogens with zero attached hydrogens (tertiary/aromatic N) is 2. The van der Waals surface area contributed by atoms with Crippen molar-refractivity contribution < 1.29 is 0 Å². The SMILES string of the molecule is Cc1cc(Cl)c2ccc3c(Cl)cc(C)nc3c2n1. The summed E-state index contributed by atoms with van der Waals surface area (Å²) in [6.45, 7) is 3.84. The smallest absolute Gasteiger partial charge is 0.0983 e. The molecular weight excluding hydrogens is 267 g/mol. The quantitative estimate of drug-likeness (QED) is 0.556. The highest BCUT2D eigenvalue weighted by atomic mass is 35.5. The Bertz CT molecular complexity index is 715. The molecule has 0 N–H and O–H groups in total. The third-order valence-electron chi connectivity index (χ3n) is 2.91. The molecule has 3 aromatic rings. The summed E-state index contributed by atoms with van der Waals surface area (Å²) in [5.41, 5.74) is 3.37. The van der Waals surface area contributed by atoms with Crippen molar-refractivity contribution in [2.75, 3.05) is 0 Å². The number of fused-ring (bicyclic) bond motifs is 3. The van der Waals surface area contributed by atoms with Crippen LogP contribution in [-0.2, 0) is 0 Å². The first-order chi connectivity index (χ1) is 8.56. The first-order valence-corrected chi connectivity index (χ1v) is 6.34. The number of pyridine rings is 2. The Kier molecular flexibility index (Phi) is 2.65. The molecule has 0 saturated heterocycles. The maximum Gasteiger partial charge on any atom is 0.0983 e. The van der Waals surface area contributed by atoms with Crippen molar-refractivity contribution in [2.24, 2.45) is 0 Å². The van der Waals surface area contributed by atoms with Crippen molar-refractivity contribution in [3.05, 3.63) is 45.7 Å². The molecule has 0 bridgehead atoms. The second-order valence-electron chi connectivity index (χ2n) is 4.35. The van der Waals surface area contributed by atoms with Crippen LogP contribution in [0.25, 0.3) is 21.8 Å². The zero-order chi connectivity index (χ0) is 12.9. The molecule has 4 heteroatoms. The van der Waals surface area contributed by atoms with E-state index in [1.807, 2.05) is 38.1 Å². The van der Waals surface area contributed by atoms with Gasteiger partial charge in [-0.15, -0.1) is 0 Å². The van der Waals surface area contributed by atoms with Gasteiger partial charge in [0, 0.05) is 22.2 Å². The van der Waals surface area contributed by atoms with Crippen molar-refractivity contribution in [2.45, 2.75) is 13.8 Å². The zero-order valence-corrected chi connectivity index (χ0v) is 11.5. The number of aryl methyl sites for hydroxylation is 2. The van der Waals surface area contributed by atoms with Gasteiger partial charge < -0.3 is 0 Å². The largest absolute Gasteiger partial charge is 0.251 e. The summed E-state index contributed by atoms with van der Waals surface area (Å²) < 4.78 is 0. The van der Waals surface area contributed by atoms with Crippen LogP contribution in [0.2, 0.25) is 10.0 Å². The van der Waals surface area contributed by atoms with E-state index in [-0.39, 0.29) is 0 Å². The molecule has 18 heavy (non-hydrogen) atoms. The van der Waals surface area contributed by atoms with Crippen LogP contribution < -0.4 is 0 Å². The van der Waals surface area contributed by atoms with E-state index in [1.165, 1.54) is 0 Å². The molecule has 0 aliphatic carbocycles. The minimum Gasteiger partial charge on any atom is -0.251 e. The molecule has 0 atom stereocenters. The van der Waals surface area contributed by atoms with Gasteiger partial charge in [-0.2, -0.15) is 0 Å². The van der Waals surface area contributed by atoms with Gasteiger partial charge in [-0.25, -0.2) is 0 Å². The third-order valence-corrected chi connectivity index (χ3v) is 3.54. The fourth-order valence-electron chi connectivity index (χ4n) is 2.13. The molecule has 0 saturated carbocycles.